The second kappa shape index (κ2) is 52.4. The van der Waals surface area contributed by atoms with E-state index in [2.05, 4.69) is 48.6 Å². The molecule has 11 N–H and O–H groups in total. The molecule has 5 aromatic carbocycles. The third-order valence-corrected chi connectivity index (χ3v) is 20.0. The fraction of sp³-hybridized carbons (Fsp3) is 0.411. The summed E-state index contributed by atoms with van der Waals surface area (Å²) in [6.07, 6.45) is 7.83. The first-order valence-electron chi connectivity index (χ1n) is 41.4. The van der Waals surface area contributed by atoms with Gasteiger partial charge in [-0.1, -0.05) is 78.5 Å². The Bertz CT molecular complexity index is 5520. The summed E-state index contributed by atoms with van der Waals surface area (Å²) in [4.78, 5) is 158. The van der Waals surface area contributed by atoms with Crippen LogP contribution < -0.4 is 57.7 Å². The smallest absolute Gasteiger partial charge is 0.373 e. The van der Waals surface area contributed by atoms with Crippen molar-refractivity contribution in [1.82, 2.24) is 44.9 Å². The first-order valence-corrected chi connectivity index (χ1v) is 41.4. The zero-order valence-electron chi connectivity index (χ0n) is 75.7. The summed E-state index contributed by atoms with van der Waals surface area (Å²) in [5.41, 5.74) is 43.0. The number of Topliss-reactive ketones (excluding diaryl/α,β-unsaturated/α-hetero) is 1. The molecule has 0 bridgehead atoms. The minimum absolute atomic E-state index is 0.00671. The lowest BCUT2D eigenvalue weighted by Gasteiger charge is -2.35. The minimum Gasteiger partial charge on any atom is -0.493 e. The Hall–Kier alpha value is -14.3. The Morgan fingerprint density at radius 3 is 1.12 bits per heavy atom. The number of nitrogen functional groups attached to an aromatic ring is 5. The number of piperidine rings is 3. The van der Waals surface area contributed by atoms with Crippen LogP contribution in [0, 0.1) is 57.3 Å². The molecule has 0 aliphatic carbocycles. The molecule has 33 heteroatoms. The number of aryl methyl sites for hydroxylation is 5. The maximum Gasteiger partial charge on any atom is 0.373 e. The van der Waals surface area contributed by atoms with Crippen molar-refractivity contribution in [3.8, 4) is 28.7 Å². The molecular weight excluding hydrogens is 1640 g/mol. The molecule has 128 heavy (non-hydrogen) atoms. The molecule has 0 saturated carbocycles. The van der Waals surface area contributed by atoms with Crippen LogP contribution in [0.25, 0.3) is 54.5 Å². The maximum absolute atomic E-state index is 12.4. The molecule has 3 saturated heterocycles. The zero-order valence-corrected chi connectivity index (χ0v) is 75.7. The number of ether oxygens (including phenoxy) is 5. The van der Waals surface area contributed by atoms with Crippen molar-refractivity contribution in [2.24, 2.45) is 22.7 Å². The van der Waals surface area contributed by atoms with E-state index in [1.165, 1.54) is 0 Å². The van der Waals surface area contributed by atoms with Gasteiger partial charge >= 0.3 is 30.8 Å². The summed E-state index contributed by atoms with van der Waals surface area (Å²) in [5, 5.41) is 7.00. The summed E-state index contributed by atoms with van der Waals surface area (Å²) in [6, 6.07) is 38.1. The highest BCUT2D eigenvalue weighted by molar-refractivity contribution is 5.99. The van der Waals surface area contributed by atoms with Gasteiger partial charge in [-0.05, 0) is 192 Å². The highest BCUT2D eigenvalue weighted by Gasteiger charge is 2.32. The van der Waals surface area contributed by atoms with Crippen LogP contribution in [0.5, 0.6) is 28.7 Å². The Kier molecular flexibility index (Phi) is 43.4. The van der Waals surface area contributed by atoms with E-state index < -0.39 is 5.41 Å². The van der Waals surface area contributed by atoms with Crippen LogP contribution in [0.15, 0.2) is 134 Å². The Morgan fingerprint density at radius 1 is 0.461 bits per heavy atom. The average molecular weight is 1760 g/mol. The highest BCUT2D eigenvalue weighted by atomic mass is 16.5. The number of pyridine rings is 5. The molecule has 3 fully saturated rings. The van der Waals surface area contributed by atoms with E-state index in [1.54, 1.807) is 12.1 Å². The number of nitrogens with one attached hydrogen (secondary N) is 1. The number of nitrogens with zero attached hydrogens (tertiary/aromatic N) is 8. The van der Waals surface area contributed by atoms with Crippen molar-refractivity contribution in [3.63, 3.8) is 0 Å². The molecule has 0 radical (unpaired) electrons. The van der Waals surface area contributed by atoms with Crippen molar-refractivity contribution in [2.45, 2.75) is 174 Å². The van der Waals surface area contributed by atoms with Crippen molar-refractivity contribution in [3.05, 3.63) is 162 Å². The Labute approximate surface area is 744 Å². The number of carbonyl (C=O) groups is 4. The van der Waals surface area contributed by atoms with Gasteiger partial charge in [-0.25, -0.2) is 0 Å². The summed E-state index contributed by atoms with van der Waals surface area (Å²) in [5.74, 6) is 4.57. The largest absolute Gasteiger partial charge is 0.493 e. The normalized spacial score (nSPS) is 13.3. The Balaban J connectivity index is 0.000000323. The van der Waals surface area contributed by atoms with Crippen LogP contribution in [-0.4, -0.2) is 171 Å². The number of rotatable bonds is 18. The van der Waals surface area contributed by atoms with E-state index >= 15 is 0 Å². The number of anilines is 5. The molecule has 33 nitrogen and oxygen atoms in total. The fourth-order valence-electron chi connectivity index (χ4n) is 14.3. The maximum atomic E-state index is 12.4. The van der Waals surface area contributed by atoms with E-state index in [1.807, 2.05) is 223 Å². The van der Waals surface area contributed by atoms with E-state index in [0.717, 1.165) is 183 Å². The van der Waals surface area contributed by atoms with Crippen LogP contribution in [0.4, 0.5) is 28.4 Å². The molecule has 3 aliphatic heterocycles. The molecule has 13 rings (SSSR count). The van der Waals surface area contributed by atoms with Crippen LogP contribution >= 0.6 is 0 Å². The second-order valence-corrected chi connectivity index (χ2v) is 32.5. The van der Waals surface area contributed by atoms with Crippen molar-refractivity contribution in [2.75, 3.05) is 87.8 Å². The van der Waals surface area contributed by atoms with Gasteiger partial charge in [0.1, 0.15) is 53.3 Å². The summed E-state index contributed by atoms with van der Waals surface area (Å²) in [6.45, 7) is 41.0. The topological polar surface area (TPSA) is 501 Å². The number of hydrogen-bond acceptors (Lipinski definition) is 30. The lowest BCUT2D eigenvalue weighted by atomic mass is 9.88. The standard InChI is InChI=1S/C21H29N3O2.C19H25N3O2.C18H23N3O.C17H22N2O2.C15H19N3O2.5CO2/c1-14-12-16(22)19-17(23-14)6-5-7-18(19)26-13-15-8-10-24(11-9-15)20(25)21(2,3)4;1-12(2)19(23)22-9-5-6-14(11-22)24-17-8-4-7-16-18(17)15(20)10-13(3)21-16;1-12(2)21-9-7-14(8-10-21)22-17-6-4-5-16-18(17)15(19)11-13(3)20-16;1-5-15(20)17(3,4)10-21-14-8-6-7-13-16(14)12(18)9-11(2)19-13;1-9(2)17-14(19)8-20-13-6-4-5-12-15(13)11(16)7-10(3)18-12;5*2-1-3/h5-7,12,15H,8-11,13H2,1-4H3,(H2,22,23);4,7-8,10,12,14H,5-6,9,11H2,1-3H3,(H2,20,21);4-6,11,14H,1,7-10H2,2-3H3,(H2,19,20);6-9H,5,10H2,1-4H3,(H2,18,19);4-7,9H,8H2,1-3H3,(H2,16,18)(H,17,19);;;;;. The number of aromatic nitrogens is 5. The van der Waals surface area contributed by atoms with E-state index in [0.29, 0.717) is 66.3 Å². The average Bonchev–Trinajstić information content (AvgIpc) is 0.811. The lowest BCUT2D eigenvalue weighted by Crippen LogP contribution is -2.45. The number of carbonyl (C=O) groups excluding carboxylic acids is 14. The monoisotopic (exact) mass is 1760 g/mol. The summed E-state index contributed by atoms with van der Waals surface area (Å²) in [7, 11) is 0. The van der Waals surface area contributed by atoms with Gasteiger partial charge in [-0.2, -0.15) is 47.9 Å². The molecule has 1 unspecified atom stereocenters. The molecule has 10 aromatic rings. The van der Waals surface area contributed by atoms with Crippen LogP contribution in [0.1, 0.15) is 150 Å². The summed E-state index contributed by atoms with van der Waals surface area (Å²) >= 11 is 0. The minimum atomic E-state index is -0.510. The third-order valence-electron chi connectivity index (χ3n) is 20.0. The van der Waals surface area contributed by atoms with Gasteiger partial charge in [0.05, 0.1) is 73.1 Å². The first kappa shape index (κ1) is 106. The van der Waals surface area contributed by atoms with Gasteiger partial charge in [-0.15, -0.1) is 0 Å². The van der Waals surface area contributed by atoms with Crippen LogP contribution in [-0.2, 0) is 67.1 Å². The number of hydrogen-bond donors (Lipinski definition) is 6. The number of fused-ring (bicyclic) bond motifs is 5. The number of allylic oxidation sites excluding steroid dienone is 1. The van der Waals surface area contributed by atoms with E-state index in [4.69, 9.17) is 100 Å². The number of likely N-dealkylation sites (tertiary alicyclic amines) is 3. The van der Waals surface area contributed by atoms with Gasteiger partial charge in [0.15, 0.2) is 6.61 Å². The quantitative estimate of drug-likeness (QED) is 0.0464. The van der Waals surface area contributed by atoms with Gasteiger partial charge in [0.25, 0.3) is 5.91 Å². The number of benzene rings is 5. The van der Waals surface area contributed by atoms with Crippen molar-refractivity contribution in [1.29, 1.82) is 0 Å². The van der Waals surface area contributed by atoms with Crippen LogP contribution in [0.2, 0.25) is 0 Å². The predicted molar refractivity (Wildman–Crippen MR) is 482 cm³/mol. The van der Waals surface area contributed by atoms with Crippen molar-refractivity contribution >= 4 is 137 Å². The van der Waals surface area contributed by atoms with Gasteiger partial charge in [0, 0.05) is 132 Å². The fourth-order valence-corrected chi connectivity index (χ4v) is 14.3. The number of amides is 3. The highest BCUT2D eigenvalue weighted by Crippen LogP contribution is 2.38. The first-order chi connectivity index (χ1) is 60.6. The lowest BCUT2D eigenvalue weighted by molar-refractivity contribution is -0.193. The summed E-state index contributed by atoms with van der Waals surface area (Å²) < 4.78 is 30.1. The molecule has 0 spiro atoms. The van der Waals surface area contributed by atoms with E-state index in [9.17, 15) is 19.2 Å². The SMILES string of the molecule is C=C(C)N1CCC(Oc2cccc3nc(C)cc(N)c23)CC1.CCC(=O)C(C)(C)COc1cccc2nc(C)cc(N)c12.Cc1cc(N)c2c(OC3CCCN(C(=O)C(C)C)C3)cccc2n1.Cc1cc(N)c2c(OCC(=O)NC(C)C)cccc2n1.Cc1cc(N)c2c(OCC3CCN(C(=O)C(C)(C)C)CC3)cccc2n1.O=C=O.O=C=O.O=C=O.O=C=O.O=C=O. The molecule has 5 aromatic heterocycles. The molecule has 3 amide bonds. The number of ketones is 1. The van der Waals surface area contributed by atoms with Gasteiger partial charge in [0.2, 0.25) is 11.8 Å². The second-order valence-electron chi connectivity index (χ2n) is 32.5. The van der Waals surface area contributed by atoms with Gasteiger partial charge in [-0.3, -0.25) is 44.1 Å². The number of nitrogens with two attached hydrogens (primary N) is 5. The molecule has 682 valence electrons. The predicted octanol–water partition coefficient (Wildman–Crippen LogP) is 13.1. The molecule has 3 aliphatic rings. The van der Waals surface area contributed by atoms with Gasteiger partial charge < -0.3 is 72.4 Å². The van der Waals surface area contributed by atoms with E-state index in [-0.39, 0.29) is 90.5 Å². The zero-order chi connectivity index (χ0) is 95.7. The Morgan fingerprint density at radius 2 is 0.789 bits per heavy atom. The van der Waals surface area contributed by atoms with Crippen molar-refractivity contribution < 1.29 is 90.8 Å². The molecular formula is C95H118N14O19. The molecule has 1 atom stereocenters. The molecule has 8 heterocycles. The third kappa shape index (κ3) is 33.0. The van der Waals surface area contributed by atoms with Crippen LogP contribution in [0.3, 0.4) is 0 Å².